The van der Waals surface area contributed by atoms with Crippen LogP contribution in [0.4, 0.5) is 18.9 Å². The van der Waals surface area contributed by atoms with Gasteiger partial charge in [0.2, 0.25) is 0 Å². The third kappa shape index (κ3) is 4.43. The van der Waals surface area contributed by atoms with Gasteiger partial charge in [-0.05, 0) is 24.3 Å². The highest BCUT2D eigenvalue weighted by atomic mass is 19.4. The number of rotatable bonds is 6. The molecule has 0 aliphatic rings. The van der Waals surface area contributed by atoms with Crippen molar-refractivity contribution in [3.05, 3.63) is 69.3 Å². The number of halogens is 3. The van der Waals surface area contributed by atoms with Crippen LogP contribution in [0.3, 0.4) is 0 Å². The number of nitro groups is 1. The number of alkyl halides is 3. The highest BCUT2D eigenvalue weighted by Gasteiger charge is 2.34. The first-order chi connectivity index (χ1) is 12.7. The minimum absolute atomic E-state index is 0.0181. The molecule has 0 bridgehead atoms. The van der Waals surface area contributed by atoms with Crippen molar-refractivity contribution < 1.29 is 32.4 Å². The summed E-state index contributed by atoms with van der Waals surface area (Å²) in [6, 6.07) is 6.67. The molecule has 0 heterocycles. The Morgan fingerprint density at radius 1 is 1.11 bits per heavy atom. The number of ether oxygens (including phenoxy) is 2. The molecule has 0 amide bonds. The van der Waals surface area contributed by atoms with Gasteiger partial charge in [-0.15, -0.1) is 0 Å². The van der Waals surface area contributed by atoms with Crippen LogP contribution < -0.4 is 9.47 Å². The Morgan fingerprint density at radius 2 is 1.70 bits per heavy atom. The van der Waals surface area contributed by atoms with Crippen LogP contribution in [0.2, 0.25) is 0 Å². The summed E-state index contributed by atoms with van der Waals surface area (Å²) in [5, 5.41) is 11.2. The standard InChI is InChI=1S/C18H14F3NO5/c1-26-16-9-11(14(22(24)25)10-17(16)27-2)7-8-15(23)12-5-3-4-6-13(12)18(19,20)21/h3-10H,1-2H3/b8-7+. The molecule has 0 unspecified atom stereocenters. The summed E-state index contributed by atoms with van der Waals surface area (Å²) < 4.78 is 49.1. The van der Waals surface area contributed by atoms with E-state index >= 15 is 0 Å². The summed E-state index contributed by atoms with van der Waals surface area (Å²) in [7, 11) is 2.62. The monoisotopic (exact) mass is 381 g/mol. The van der Waals surface area contributed by atoms with E-state index in [1.807, 2.05) is 0 Å². The number of carbonyl (C=O) groups is 1. The van der Waals surface area contributed by atoms with Crippen LogP contribution in [0.15, 0.2) is 42.5 Å². The zero-order valence-corrected chi connectivity index (χ0v) is 14.2. The fourth-order valence-electron chi connectivity index (χ4n) is 2.38. The van der Waals surface area contributed by atoms with Crippen molar-refractivity contribution in [3.8, 4) is 11.5 Å². The number of hydrogen-bond donors (Lipinski definition) is 0. The molecule has 9 heteroatoms. The summed E-state index contributed by atoms with van der Waals surface area (Å²) in [5.74, 6) is -0.659. The number of nitro benzene ring substituents is 1. The van der Waals surface area contributed by atoms with E-state index in [2.05, 4.69) is 0 Å². The van der Waals surface area contributed by atoms with Crippen LogP contribution in [-0.2, 0) is 6.18 Å². The average Bonchev–Trinajstić information content (AvgIpc) is 2.64. The Hall–Kier alpha value is -3.36. The summed E-state index contributed by atoms with van der Waals surface area (Å²) >= 11 is 0. The Balaban J connectivity index is 2.47. The summed E-state index contributed by atoms with van der Waals surface area (Å²) in [6.45, 7) is 0. The van der Waals surface area contributed by atoms with Crippen molar-refractivity contribution in [1.29, 1.82) is 0 Å². The van der Waals surface area contributed by atoms with Gasteiger partial charge in [-0.3, -0.25) is 14.9 Å². The van der Waals surface area contributed by atoms with Crippen molar-refractivity contribution in [3.63, 3.8) is 0 Å². The molecule has 142 valence electrons. The van der Waals surface area contributed by atoms with Crippen molar-refractivity contribution in [2.24, 2.45) is 0 Å². The largest absolute Gasteiger partial charge is 0.493 e. The highest BCUT2D eigenvalue weighted by Crippen LogP contribution is 2.35. The number of benzene rings is 2. The minimum atomic E-state index is -4.70. The van der Waals surface area contributed by atoms with Crippen LogP contribution >= 0.6 is 0 Å². The number of allylic oxidation sites excluding steroid dienone is 1. The van der Waals surface area contributed by atoms with Crippen LogP contribution in [0, 0.1) is 10.1 Å². The van der Waals surface area contributed by atoms with Gasteiger partial charge in [0.05, 0.1) is 36.3 Å². The van der Waals surface area contributed by atoms with Gasteiger partial charge in [0, 0.05) is 5.56 Å². The van der Waals surface area contributed by atoms with Crippen molar-refractivity contribution in [1.82, 2.24) is 0 Å². The van der Waals surface area contributed by atoms with Crippen LogP contribution in [0.25, 0.3) is 6.08 Å². The van der Waals surface area contributed by atoms with Crippen LogP contribution in [0.5, 0.6) is 11.5 Å². The predicted molar refractivity (Wildman–Crippen MR) is 91.0 cm³/mol. The first kappa shape index (κ1) is 20.0. The van der Waals surface area contributed by atoms with Gasteiger partial charge in [-0.2, -0.15) is 13.2 Å². The lowest BCUT2D eigenvalue weighted by molar-refractivity contribution is -0.385. The summed E-state index contributed by atoms with van der Waals surface area (Å²) in [5.41, 5.74) is -2.04. The normalized spacial score (nSPS) is 11.4. The molecule has 2 aromatic carbocycles. The molecule has 2 aromatic rings. The maximum atomic E-state index is 13.0. The van der Waals surface area contributed by atoms with Gasteiger partial charge >= 0.3 is 6.18 Å². The fraction of sp³-hybridized carbons (Fsp3) is 0.167. The number of hydrogen-bond acceptors (Lipinski definition) is 5. The van der Waals surface area contributed by atoms with E-state index in [4.69, 9.17) is 9.47 Å². The van der Waals surface area contributed by atoms with E-state index in [-0.39, 0.29) is 22.7 Å². The van der Waals surface area contributed by atoms with Gasteiger partial charge < -0.3 is 9.47 Å². The van der Waals surface area contributed by atoms with Crippen molar-refractivity contribution >= 4 is 17.5 Å². The smallest absolute Gasteiger partial charge is 0.417 e. The minimum Gasteiger partial charge on any atom is -0.493 e. The maximum absolute atomic E-state index is 13.0. The molecule has 0 atom stereocenters. The molecule has 0 saturated carbocycles. The first-order valence-electron chi connectivity index (χ1n) is 7.48. The molecule has 0 radical (unpaired) electrons. The maximum Gasteiger partial charge on any atom is 0.417 e. The zero-order chi connectivity index (χ0) is 20.2. The second kappa shape index (κ2) is 7.90. The number of methoxy groups -OCH3 is 2. The molecule has 6 nitrogen and oxygen atoms in total. The second-order valence-electron chi connectivity index (χ2n) is 5.26. The molecule has 0 aromatic heterocycles. The van der Waals surface area contributed by atoms with Gasteiger partial charge in [0.15, 0.2) is 17.3 Å². The first-order valence-corrected chi connectivity index (χ1v) is 7.48. The third-order valence-corrected chi connectivity index (χ3v) is 3.64. The molecule has 0 aliphatic heterocycles. The van der Waals surface area contributed by atoms with E-state index in [1.165, 1.54) is 32.4 Å². The Morgan fingerprint density at radius 3 is 2.26 bits per heavy atom. The molecular formula is C18H14F3NO5. The molecule has 0 saturated heterocycles. The lowest BCUT2D eigenvalue weighted by Gasteiger charge is -2.10. The third-order valence-electron chi connectivity index (χ3n) is 3.64. The van der Waals surface area contributed by atoms with Gasteiger partial charge in [-0.1, -0.05) is 18.2 Å². The molecule has 27 heavy (non-hydrogen) atoms. The molecule has 0 aliphatic carbocycles. The van der Waals surface area contributed by atoms with Gasteiger partial charge in [0.1, 0.15) is 0 Å². The summed E-state index contributed by atoms with van der Waals surface area (Å²) in [4.78, 5) is 22.8. The lowest BCUT2D eigenvalue weighted by atomic mass is 10.0. The van der Waals surface area contributed by atoms with E-state index in [0.29, 0.717) is 0 Å². The Bertz CT molecular complexity index is 906. The quantitative estimate of drug-likeness (QED) is 0.318. The van der Waals surface area contributed by atoms with E-state index in [9.17, 15) is 28.1 Å². The topological polar surface area (TPSA) is 78.7 Å². The number of carbonyl (C=O) groups excluding carboxylic acids is 1. The van der Waals surface area contributed by atoms with Gasteiger partial charge in [-0.25, -0.2) is 0 Å². The SMILES string of the molecule is COc1cc(/C=C/C(=O)c2ccccc2C(F)(F)F)c([N+](=O)[O-])cc1OC. The van der Waals surface area contributed by atoms with Crippen LogP contribution in [-0.4, -0.2) is 24.9 Å². The summed E-state index contributed by atoms with van der Waals surface area (Å²) in [6.07, 6.45) is -2.79. The molecule has 0 fully saturated rings. The Kier molecular flexibility index (Phi) is 5.84. The van der Waals surface area contributed by atoms with Crippen molar-refractivity contribution in [2.75, 3.05) is 14.2 Å². The van der Waals surface area contributed by atoms with Crippen LogP contribution in [0.1, 0.15) is 21.5 Å². The van der Waals surface area contributed by atoms with Gasteiger partial charge in [0.25, 0.3) is 5.69 Å². The molecule has 0 N–H and O–H groups in total. The van der Waals surface area contributed by atoms with E-state index in [0.717, 1.165) is 30.4 Å². The Labute approximate surface area is 152 Å². The zero-order valence-electron chi connectivity index (χ0n) is 14.2. The molecular weight excluding hydrogens is 367 g/mol. The fourth-order valence-corrected chi connectivity index (χ4v) is 2.38. The van der Waals surface area contributed by atoms with E-state index < -0.39 is 28.0 Å². The average molecular weight is 381 g/mol. The van der Waals surface area contributed by atoms with E-state index in [1.54, 1.807) is 0 Å². The number of nitrogens with zero attached hydrogens (tertiary/aromatic N) is 1. The highest BCUT2D eigenvalue weighted by molar-refractivity contribution is 6.08. The predicted octanol–water partition coefficient (Wildman–Crippen LogP) is 4.53. The lowest BCUT2D eigenvalue weighted by Crippen LogP contribution is -2.11. The molecule has 0 spiro atoms. The van der Waals surface area contributed by atoms with Crippen molar-refractivity contribution in [2.45, 2.75) is 6.18 Å². The molecule has 2 rings (SSSR count). The number of ketones is 1. The second-order valence-corrected chi connectivity index (χ2v) is 5.26.